The third kappa shape index (κ3) is 3.69. The molecule has 5 heteroatoms. The van der Waals surface area contributed by atoms with Gasteiger partial charge in [-0.2, -0.15) is 0 Å². The van der Waals surface area contributed by atoms with Gasteiger partial charge in [-0.05, 0) is 49.1 Å². The average Bonchev–Trinajstić information content (AvgIpc) is 2.42. The molecule has 0 saturated heterocycles. The number of nitro groups is 1. The highest BCUT2D eigenvalue weighted by atomic mass is 16.6. The average molecular weight is 299 g/mol. The van der Waals surface area contributed by atoms with Crippen molar-refractivity contribution in [1.82, 2.24) is 0 Å². The first-order valence-electron chi connectivity index (χ1n) is 6.88. The minimum Gasteiger partial charge on any atom is -0.419 e. The Labute approximate surface area is 128 Å². The second-order valence-corrected chi connectivity index (χ2v) is 5.30. The van der Waals surface area contributed by atoms with Gasteiger partial charge in [0.1, 0.15) is 0 Å². The molecule has 0 saturated carbocycles. The molecule has 2 aromatic carbocycles. The van der Waals surface area contributed by atoms with Crippen molar-refractivity contribution in [3.63, 3.8) is 0 Å². The monoisotopic (exact) mass is 299 g/mol. The Morgan fingerprint density at radius 1 is 1.09 bits per heavy atom. The van der Waals surface area contributed by atoms with E-state index in [2.05, 4.69) is 0 Å². The SMILES string of the molecule is Cc1ccc([N+](=O)[O-])c(OC(=O)Cc2ccc(C)c(C)c2)c1. The van der Waals surface area contributed by atoms with Crippen LogP contribution in [-0.4, -0.2) is 10.9 Å². The molecular weight excluding hydrogens is 282 g/mol. The van der Waals surface area contributed by atoms with Gasteiger partial charge in [-0.1, -0.05) is 24.3 Å². The molecule has 2 aromatic rings. The van der Waals surface area contributed by atoms with Gasteiger partial charge in [0.05, 0.1) is 11.3 Å². The topological polar surface area (TPSA) is 69.4 Å². The Kier molecular flexibility index (Phi) is 4.56. The second kappa shape index (κ2) is 6.39. The second-order valence-electron chi connectivity index (χ2n) is 5.30. The van der Waals surface area contributed by atoms with Gasteiger partial charge < -0.3 is 4.74 Å². The Balaban J connectivity index is 2.16. The van der Waals surface area contributed by atoms with Crippen LogP contribution < -0.4 is 4.74 Å². The first-order chi connectivity index (χ1) is 10.4. The quantitative estimate of drug-likeness (QED) is 0.374. The van der Waals surface area contributed by atoms with E-state index in [-0.39, 0.29) is 17.9 Å². The van der Waals surface area contributed by atoms with Crippen LogP contribution in [0.5, 0.6) is 5.75 Å². The maximum absolute atomic E-state index is 12.0. The molecule has 0 aromatic heterocycles. The third-order valence-electron chi connectivity index (χ3n) is 3.46. The van der Waals surface area contributed by atoms with Gasteiger partial charge >= 0.3 is 11.7 Å². The molecule has 0 heterocycles. The molecule has 2 rings (SSSR count). The van der Waals surface area contributed by atoms with E-state index >= 15 is 0 Å². The van der Waals surface area contributed by atoms with Crippen LogP contribution in [0, 0.1) is 30.9 Å². The highest BCUT2D eigenvalue weighted by Crippen LogP contribution is 2.28. The highest BCUT2D eigenvalue weighted by molar-refractivity contribution is 5.76. The van der Waals surface area contributed by atoms with Crippen LogP contribution in [0.15, 0.2) is 36.4 Å². The van der Waals surface area contributed by atoms with Crippen LogP contribution in [0.2, 0.25) is 0 Å². The first-order valence-corrected chi connectivity index (χ1v) is 6.88. The number of ether oxygens (including phenoxy) is 1. The van der Waals surface area contributed by atoms with Crippen LogP contribution in [0.3, 0.4) is 0 Å². The van der Waals surface area contributed by atoms with Gasteiger partial charge in [0, 0.05) is 6.07 Å². The lowest BCUT2D eigenvalue weighted by atomic mass is 10.0. The molecule has 0 fully saturated rings. The zero-order valence-corrected chi connectivity index (χ0v) is 12.8. The number of carbonyl (C=O) groups excluding carboxylic acids is 1. The Morgan fingerprint density at radius 3 is 2.45 bits per heavy atom. The van der Waals surface area contributed by atoms with Crippen LogP contribution in [0.4, 0.5) is 5.69 Å². The first kappa shape index (κ1) is 15.7. The summed E-state index contributed by atoms with van der Waals surface area (Å²) in [4.78, 5) is 22.4. The van der Waals surface area contributed by atoms with E-state index in [1.165, 1.54) is 12.1 Å². The number of aryl methyl sites for hydroxylation is 3. The van der Waals surface area contributed by atoms with Crippen molar-refractivity contribution in [2.75, 3.05) is 0 Å². The Morgan fingerprint density at radius 2 is 1.82 bits per heavy atom. The zero-order valence-electron chi connectivity index (χ0n) is 12.8. The lowest BCUT2D eigenvalue weighted by molar-refractivity contribution is -0.385. The fraction of sp³-hybridized carbons (Fsp3) is 0.235. The van der Waals surface area contributed by atoms with Crippen molar-refractivity contribution in [2.45, 2.75) is 27.2 Å². The third-order valence-corrected chi connectivity index (χ3v) is 3.46. The van der Waals surface area contributed by atoms with Crippen LogP contribution in [0.1, 0.15) is 22.3 Å². The molecule has 0 radical (unpaired) electrons. The van der Waals surface area contributed by atoms with Crippen molar-refractivity contribution in [1.29, 1.82) is 0 Å². The molecule has 114 valence electrons. The molecule has 0 aliphatic carbocycles. The van der Waals surface area contributed by atoms with E-state index in [0.717, 1.165) is 22.3 Å². The van der Waals surface area contributed by atoms with Gasteiger partial charge in [0.25, 0.3) is 0 Å². The molecule has 0 bridgehead atoms. The number of nitro benzene ring substituents is 1. The van der Waals surface area contributed by atoms with E-state index in [1.807, 2.05) is 32.0 Å². The van der Waals surface area contributed by atoms with E-state index < -0.39 is 10.9 Å². The number of nitrogens with zero attached hydrogens (tertiary/aromatic N) is 1. The molecule has 0 atom stereocenters. The number of hydrogen-bond acceptors (Lipinski definition) is 4. The van der Waals surface area contributed by atoms with E-state index in [0.29, 0.717) is 0 Å². The lowest BCUT2D eigenvalue weighted by Crippen LogP contribution is -2.12. The van der Waals surface area contributed by atoms with Gasteiger partial charge in [-0.25, -0.2) is 0 Å². The molecule has 0 unspecified atom stereocenters. The number of esters is 1. The van der Waals surface area contributed by atoms with Gasteiger partial charge in [-0.15, -0.1) is 0 Å². The summed E-state index contributed by atoms with van der Waals surface area (Å²) in [5.41, 5.74) is 3.64. The molecule has 0 aliphatic rings. The Hall–Kier alpha value is -2.69. The summed E-state index contributed by atoms with van der Waals surface area (Å²) in [6.45, 7) is 5.74. The maximum atomic E-state index is 12.0. The molecule has 22 heavy (non-hydrogen) atoms. The van der Waals surface area contributed by atoms with E-state index in [1.54, 1.807) is 13.0 Å². The standard InChI is InChI=1S/C17H17NO4/c1-11-4-7-15(18(20)21)16(8-11)22-17(19)10-14-6-5-12(2)13(3)9-14/h4-9H,10H2,1-3H3. The molecular formula is C17H17NO4. The van der Waals surface area contributed by atoms with Gasteiger partial charge in [0.15, 0.2) is 0 Å². The maximum Gasteiger partial charge on any atom is 0.315 e. The largest absolute Gasteiger partial charge is 0.419 e. The Bertz CT molecular complexity index is 737. The van der Waals surface area contributed by atoms with Crippen LogP contribution >= 0.6 is 0 Å². The minimum absolute atomic E-state index is 0.0150. The predicted octanol–water partition coefficient (Wildman–Crippen LogP) is 3.67. The van der Waals surface area contributed by atoms with E-state index in [9.17, 15) is 14.9 Å². The normalized spacial score (nSPS) is 10.3. The lowest BCUT2D eigenvalue weighted by Gasteiger charge is -2.07. The summed E-state index contributed by atoms with van der Waals surface area (Å²) in [6, 6.07) is 10.2. The van der Waals surface area contributed by atoms with Crippen molar-refractivity contribution < 1.29 is 14.5 Å². The summed E-state index contributed by atoms with van der Waals surface area (Å²) in [7, 11) is 0. The fourth-order valence-electron chi connectivity index (χ4n) is 2.09. The van der Waals surface area contributed by atoms with Crippen molar-refractivity contribution in [3.8, 4) is 5.75 Å². The fourth-order valence-corrected chi connectivity index (χ4v) is 2.09. The smallest absolute Gasteiger partial charge is 0.315 e. The molecule has 0 spiro atoms. The molecule has 0 aliphatic heterocycles. The number of carbonyl (C=O) groups is 1. The molecule has 0 amide bonds. The zero-order chi connectivity index (χ0) is 16.3. The molecule has 5 nitrogen and oxygen atoms in total. The summed E-state index contributed by atoms with van der Waals surface area (Å²) < 4.78 is 5.18. The van der Waals surface area contributed by atoms with Crippen LogP contribution in [-0.2, 0) is 11.2 Å². The number of rotatable bonds is 4. The predicted molar refractivity (Wildman–Crippen MR) is 83.1 cm³/mol. The summed E-state index contributed by atoms with van der Waals surface area (Å²) in [6.07, 6.45) is 0.0756. The van der Waals surface area contributed by atoms with Crippen LogP contribution in [0.25, 0.3) is 0 Å². The summed E-state index contributed by atoms with van der Waals surface area (Å²) in [5.74, 6) is -0.532. The highest BCUT2D eigenvalue weighted by Gasteiger charge is 2.18. The summed E-state index contributed by atoms with van der Waals surface area (Å²) in [5, 5.41) is 11.0. The number of benzene rings is 2. The molecule has 0 N–H and O–H groups in total. The van der Waals surface area contributed by atoms with E-state index in [4.69, 9.17) is 4.74 Å². The summed E-state index contributed by atoms with van der Waals surface area (Å²) >= 11 is 0. The van der Waals surface area contributed by atoms with Crippen molar-refractivity contribution in [2.24, 2.45) is 0 Å². The van der Waals surface area contributed by atoms with Crippen molar-refractivity contribution >= 4 is 11.7 Å². The van der Waals surface area contributed by atoms with Gasteiger partial charge in [-0.3, -0.25) is 14.9 Å². The minimum atomic E-state index is -0.557. The van der Waals surface area contributed by atoms with Gasteiger partial charge in [0.2, 0.25) is 5.75 Å². The number of hydrogen-bond donors (Lipinski definition) is 0. The van der Waals surface area contributed by atoms with Crippen molar-refractivity contribution in [3.05, 3.63) is 68.8 Å².